The van der Waals surface area contributed by atoms with Gasteiger partial charge in [0, 0.05) is 6.61 Å². The molecule has 1 heterocycles. The normalized spacial score (nSPS) is 26.0. The number of benzene rings is 1. The average molecular weight is 317 g/mol. The molecule has 0 bridgehead atoms. The van der Waals surface area contributed by atoms with Crippen LogP contribution >= 0.6 is 0 Å². The summed E-state index contributed by atoms with van der Waals surface area (Å²) in [6.07, 6.45) is 0.187. The molecule has 8 heteroatoms. The van der Waals surface area contributed by atoms with Crippen LogP contribution in [0.15, 0.2) is 23.1 Å². The fraction of sp³-hybridized carbons (Fsp3) is 0.462. The van der Waals surface area contributed by atoms with E-state index in [-0.39, 0.29) is 11.0 Å². The van der Waals surface area contributed by atoms with E-state index >= 15 is 0 Å². The van der Waals surface area contributed by atoms with Gasteiger partial charge in [0.2, 0.25) is 10.0 Å². The van der Waals surface area contributed by atoms with Crippen molar-refractivity contribution in [2.75, 3.05) is 6.61 Å². The molecule has 1 aliphatic rings. The molecule has 116 valence electrons. The molecule has 0 radical (unpaired) electrons. The average Bonchev–Trinajstić information content (AvgIpc) is 2.68. The molecule has 1 aromatic carbocycles. The molecule has 1 aromatic rings. The van der Waals surface area contributed by atoms with E-state index in [4.69, 9.17) is 9.84 Å². The Balaban J connectivity index is 2.36. The van der Waals surface area contributed by atoms with Gasteiger partial charge in [-0.15, -0.1) is 0 Å². The third-order valence-corrected chi connectivity index (χ3v) is 5.34. The van der Waals surface area contributed by atoms with E-state index in [2.05, 4.69) is 4.72 Å². The summed E-state index contributed by atoms with van der Waals surface area (Å²) >= 11 is 0. The maximum absolute atomic E-state index is 13.3. The van der Waals surface area contributed by atoms with E-state index in [0.717, 1.165) is 18.2 Å². The van der Waals surface area contributed by atoms with Gasteiger partial charge in [-0.05, 0) is 38.5 Å². The summed E-state index contributed by atoms with van der Waals surface area (Å²) in [4.78, 5) is 10.6. The van der Waals surface area contributed by atoms with Crippen LogP contribution in [0.3, 0.4) is 0 Å². The largest absolute Gasteiger partial charge is 0.478 e. The number of hydrogen-bond acceptors (Lipinski definition) is 4. The van der Waals surface area contributed by atoms with Gasteiger partial charge in [0.05, 0.1) is 22.1 Å². The predicted molar refractivity (Wildman–Crippen MR) is 72.1 cm³/mol. The molecule has 1 aliphatic heterocycles. The summed E-state index contributed by atoms with van der Waals surface area (Å²) in [6, 6.07) is 2.67. The van der Waals surface area contributed by atoms with Crippen molar-refractivity contribution in [3.63, 3.8) is 0 Å². The summed E-state index contributed by atoms with van der Waals surface area (Å²) < 4.78 is 45.9. The number of nitrogens with one attached hydrogen (secondary N) is 1. The lowest BCUT2D eigenvalue weighted by Crippen LogP contribution is -2.50. The Labute approximate surface area is 122 Å². The van der Waals surface area contributed by atoms with Crippen LogP contribution in [-0.2, 0) is 14.8 Å². The number of ether oxygens (including phenoxy) is 1. The third kappa shape index (κ3) is 3.07. The zero-order chi connectivity index (χ0) is 15.8. The van der Waals surface area contributed by atoms with Crippen LogP contribution in [0.4, 0.5) is 4.39 Å². The van der Waals surface area contributed by atoms with Gasteiger partial charge in [-0.25, -0.2) is 22.3 Å². The Hall–Kier alpha value is -1.51. The number of rotatable bonds is 4. The standard InChI is InChI=1S/C13H16FNO5S/c1-8-13(2,5-6-20-8)15-21(18,19)9-3-4-11(14)10(7-9)12(16)17/h3-4,7-8,15H,5-6H2,1-2H3,(H,16,17). The molecule has 2 unspecified atom stereocenters. The van der Waals surface area contributed by atoms with E-state index in [1.807, 2.05) is 0 Å². The van der Waals surface area contributed by atoms with Gasteiger partial charge in [-0.2, -0.15) is 0 Å². The van der Waals surface area contributed by atoms with Crippen LogP contribution in [0.1, 0.15) is 30.6 Å². The van der Waals surface area contributed by atoms with E-state index in [0.29, 0.717) is 13.0 Å². The number of carboxylic acids is 1. The van der Waals surface area contributed by atoms with Crippen molar-refractivity contribution in [1.29, 1.82) is 0 Å². The van der Waals surface area contributed by atoms with Gasteiger partial charge in [-0.1, -0.05) is 0 Å². The first kappa shape index (κ1) is 15.9. The van der Waals surface area contributed by atoms with Gasteiger partial charge in [0.25, 0.3) is 0 Å². The number of carbonyl (C=O) groups is 1. The van der Waals surface area contributed by atoms with Gasteiger partial charge in [0.1, 0.15) is 5.82 Å². The lowest BCUT2D eigenvalue weighted by atomic mass is 9.97. The lowest BCUT2D eigenvalue weighted by Gasteiger charge is -2.28. The lowest BCUT2D eigenvalue weighted by molar-refractivity contribution is 0.0691. The van der Waals surface area contributed by atoms with E-state index in [1.165, 1.54) is 0 Å². The smallest absolute Gasteiger partial charge is 0.338 e. The summed E-state index contributed by atoms with van der Waals surface area (Å²) in [5.41, 5.74) is -1.46. The van der Waals surface area contributed by atoms with E-state index < -0.39 is 32.9 Å². The second kappa shape index (κ2) is 5.36. The monoisotopic (exact) mass is 317 g/mol. The minimum atomic E-state index is -3.97. The molecule has 1 saturated heterocycles. The maximum Gasteiger partial charge on any atom is 0.338 e. The zero-order valence-electron chi connectivity index (χ0n) is 11.6. The van der Waals surface area contributed by atoms with Crippen LogP contribution in [-0.4, -0.2) is 37.7 Å². The van der Waals surface area contributed by atoms with Gasteiger partial charge in [-0.3, -0.25) is 0 Å². The van der Waals surface area contributed by atoms with Crippen molar-refractivity contribution in [2.24, 2.45) is 0 Å². The highest BCUT2D eigenvalue weighted by atomic mass is 32.2. The Morgan fingerprint density at radius 1 is 1.52 bits per heavy atom. The van der Waals surface area contributed by atoms with E-state index in [1.54, 1.807) is 13.8 Å². The predicted octanol–water partition coefficient (Wildman–Crippen LogP) is 1.37. The third-order valence-electron chi connectivity index (χ3n) is 3.73. The molecule has 2 atom stereocenters. The first-order valence-electron chi connectivity index (χ1n) is 6.34. The minimum absolute atomic E-state index is 0.290. The first-order chi connectivity index (χ1) is 9.66. The highest BCUT2D eigenvalue weighted by Gasteiger charge is 2.40. The highest BCUT2D eigenvalue weighted by molar-refractivity contribution is 7.89. The quantitative estimate of drug-likeness (QED) is 0.875. The maximum atomic E-state index is 13.3. The molecule has 6 nitrogen and oxygen atoms in total. The zero-order valence-corrected chi connectivity index (χ0v) is 12.4. The Bertz CT molecular complexity index is 675. The van der Waals surface area contributed by atoms with Gasteiger partial charge < -0.3 is 9.84 Å². The Kier molecular flexibility index (Phi) is 4.05. The van der Waals surface area contributed by atoms with Crippen LogP contribution in [0.25, 0.3) is 0 Å². The van der Waals surface area contributed by atoms with Crippen molar-refractivity contribution >= 4 is 16.0 Å². The number of aromatic carboxylic acids is 1. The molecule has 2 rings (SSSR count). The molecule has 0 saturated carbocycles. The molecule has 21 heavy (non-hydrogen) atoms. The molecule has 1 fully saturated rings. The van der Waals surface area contributed by atoms with Crippen LogP contribution < -0.4 is 4.72 Å². The van der Waals surface area contributed by atoms with Crippen molar-refractivity contribution in [3.05, 3.63) is 29.6 Å². The number of halogens is 1. The highest BCUT2D eigenvalue weighted by Crippen LogP contribution is 2.27. The fourth-order valence-electron chi connectivity index (χ4n) is 2.17. The van der Waals surface area contributed by atoms with Crippen LogP contribution in [0.5, 0.6) is 0 Å². The first-order valence-corrected chi connectivity index (χ1v) is 7.82. The summed E-state index contributed by atoms with van der Waals surface area (Å²) in [6.45, 7) is 3.90. The number of sulfonamides is 1. The topological polar surface area (TPSA) is 92.7 Å². The molecule has 2 N–H and O–H groups in total. The number of carboxylic acid groups (broad SMARTS) is 1. The minimum Gasteiger partial charge on any atom is -0.478 e. The number of hydrogen-bond donors (Lipinski definition) is 2. The molecular formula is C13H16FNO5S. The Morgan fingerprint density at radius 3 is 2.71 bits per heavy atom. The summed E-state index contributed by atoms with van der Waals surface area (Å²) in [5, 5.41) is 8.86. The van der Waals surface area contributed by atoms with Crippen LogP contribution in [0, 0.1) is 5.82 Å². The molecular weight excluding hydrogens is 301 g/mol. The van der Waals surface area contributed by atoms with Crippen molar-refractivity contribution in [3.8, 4) is 0 Å². The van der Waals surface area contributed by atoms with Gasteiger partial charge >= 0.3 is 5.97 Å². The molecule has 0 aliphatic carbocycles. The fourth-order valence-corrected chi connectivity index (χ4v) is 3.69. The van der Waals surface area contributed by atoms with Crippen LogP contribution in [0.2, 0.25) is 0 Å². The van der Waals surface area contributed by atoms with Crippen molar-refractivity contribution in [2.45, 2.75) is 36.8 Å². The molecule has 0 spiro atoms. The SMILES string of the molecule is CC1OCCC1(C)NS(=O)(=O)c1ccc(F)c(C(=O)O)c1. The Morgan fingerprint density at radius 2 is 2.19 bits per heavy atom. The van der Waals surface area contributed by atoms with Crippen molar-refractivity contribution in [1.82, 2.24) is 4.72 Å². The summed E-state index contributed by atoms with van der Waals surface area (Å²) in [7, 11) is -3.97. The van der Waals surface area contributed by atoms with E-state index in [9.17, 15) is 17.6 Å². The van der Waals surface area contributed by atoms with Crippen molar-refractivity contribution < 1.29 is 27.4 Å². The summed E-state index contributed by atoms with van der Waals surface area (Å²) in [5.74, 6) is -2.50. The second-order valence-corrected chi connectivity index (χ2v) is 6.92. The second-order valence-electron chi connectivity index (χ2n) is 5.23. The molecule has 0 aromatic heterocycles. The van der Waals surface area contributed by atoms with Gasteiger partial charge in [0.15, 0.2) is 0 Å². The molecule has 0 amide bonds.